The van der Waals surface area contributed by atoms with Gasteiger partial charge in [-0.1, -0.05) is 11.2 Å². The minimum absolute atomic E-state index is 0.224. The molecule has 118 valence electrons. The van der Waals surface area contributed by atoms with Gasteiger partial charge in [-0.05, 0) is 36.6 Å². The number of halogens is 1. The quantitative estimate of drug-likeness (QED) is 0.746. The van der Waals surface area contributed by atoms with Gasteiger partial charge in [0.2, 0.25) is 5.89 Å². The second kappa shape index (κ2) is 5.61. The zero-order chi connectivity index (χ0) is 15.8. The maximum atomic E-state index is 13.2. The lowest BCUT2D eigenvalue weighted by Crippen LogP contribution is -2.18. The summed E-state index contributed by atoms with van der Waals surface area (Å²) in [5.74, 6) is 2.44. The predicted molar refractivity (Wildman–Crippen MR) is 81.5 cm³/mol. The van der Waals surface area contributed by atoms with Gasteiger partial charge >= 0.3 is 0 Å². The Hall–Kier alpha value is -2.50. The molecule has 0 saturated carbocycles. The molecule has 1 atom stereocenters. The van der Waals surface area contributed by atoms with Crippen molar-refractivity contribution in [2.75, 3.05) is 0 Å². The molecule has 0 bridgehead atoms. The molecule has 0 N–H and O–H groups in total. The summed E-state index contributed by atoms with van der Waals surface area (Å²) < 4.78 is 20.8. The number of benzene rings is 1. The number of aryl methyl sites for hydroxylation is 2. The van der Waals surface area contributed by atoms with E-state index in [4.69, 9.17) is 4.52 Å². The van der Waals surface area contributed by atoms with E-state index in [1.807, 2.05) is 19.3 Å². The SMILES string of the molecule is Cc1cc(F)ccc1Cc1noc(C2CCc3nccn3C2)n1. The van der Waals surface area contributed by atoms with Gasteiger partial charge in [-0.2, -0.15) is 4.98 Å². The van der Waals surface area contributed by atoms with Crippen molar-refractivity contribution in [3.8, 4) is 0 Å². The molecule has 1 unspecified atom stereocenters. The van der Waals surface area contributed by atoms with E-state index < -0.39 is 0 Å². The van der Waals surface area contributed by atoms with Gasteiger partial charge in [-0.15, -0.1) is 0 Å². The highest BCUT2D eigenvalue weighted by atomic mass is 19.1. The molecule has 1 aliphatic rings. The zero-order valence-corrected chi connectivity index (χ0v) is 12.9. The second-order valence-corrected chi connectivity index (χ2v) is 6.03. The average Bonchev–Trinajstić information content (AvgIpc) is 3.18. The maximum Gasteiger partial charge on any atom is 0.231 e. The Morgan fingerprint density at radius 2 is 2.30 bits per heavy atom. The molecule has 0 fully saturated rings. The van der Waals surface area contributed by atoms with Crippen molar-refractivity contribution in [2.45, 2.75) is 38.6 Å². The van der Waals surface area contributed by atoms with E-state index in [2.05, 4.69) is 19.7 Å². The molecule has 0 spiro atoms. The van der Waals surface area contributed by atoms with E-state index >= 15 is 0 Å². The number of hydrogen-bond donors (Lipinski definition) is 0. The predicted octanol–water partition coefficient (Wildman–Crippen LogP) is 3.03. The molecule has 0 amide bonds. The Morgan fingerprint density at radius 1 is 1.39 bits per heavy atom. The molecule has 2 aromatic heterocycles. The summed E-state index contributed by atoms with van der Waals surface area (Å²) in [6, 6.07) is 4.77. The van der Waals surface area contributed by atoms with Crippen molar-refractivity contribution in [1.82, 2.24) is 19.7 Å². The lowest BCUT2D eigenvalue weighted by atomic mass is 9.99. The molecular formula is C17H17FN4O. The molecule has 0 saturated heterocycles. The molecule has 6 heteroatoms. The number of nitrogens with zero attached hydrogens (tertiary/aromatic N) is 4. The van der Waals surface area contributed by atoms with Gasteiger partial charge in [-0.25, -0.2) is 9.37 Å². The van der Waals surface area contributed by atoms with Gasteiger partial charge in [0, 0.05) is 31.8 Å². The summed E-state index contributed by atoms with van der Waals surface area (Å²) in [4.78, 5) is 8.87. The molecule has 1 aromatic carbocycles. The fourth-order valence-electron chi connectivity index (χ4n) is 3.10. The molecule has 4 rings (SSSR count). The highest BCUT2D eigenvalue weighted by Crippen LogP contribution is 2.27. The summed E-state index contributed by atoms with van der Waals surface area (Å²) in [5, 5.41) is 4.09. The summed E-state index contributed by atoms with van der Waals surface area (Å²) in [6.07, 6.45) is 6.26. The highest BCUT2D eigenvalue weighted by Gasteiger charge is 2.25. The van der Waals surface area contributed by atoms with Crippen molar-refractivity contribution < 1.29 is 8.91 Å². The molecule has 1 aliphatic heterocycles. The van der Waals surface area contributed by atoms with E-state index in [1.54, 1.807) is 6.07 Å². The summed E-state index contributed by atoms with van der Waals surface area (Å²) >= 11 is 0. The first-order chi connectivity index (χ1) is 11.2. The third kappa shape index (κ3) is 2.76. The van der Waals surface area contributed by atoms with Crippen LogP contribution in [0.1, 0.15) is 41.0 Å². The van der Waals surface area contributed by atoms with Crippen molar-refractivity contribution in [3.05, 3.63) is 65.1 Å². The number of imidazole rings is 1. The van der Waals surface area contributed by atoms with Gasteiger partial charge in [0.1, 0.15) is 11.6 Å². The number of aromatic nitrogens is 4. The minimum atomic E-state index is -0.224. The molecule has 23 heavy (non-hydrogen) atoms. The Balaban J connectivity index is 1.51. The van der Waals surface area contributed by atoms with E-state index in [0.717, 1.165) is 36.3 Å². The number of fused-ring (bicyclic) bond motifs is 1. The minimum Gasteiger partial charge on any atom is -0.339 e. The largest absolute Gasteiger partial charge is 0.339 e. The lowest BCUT2D eigenvalue weighted by molar-refractivity contribution is 0.314. The van der Waals surface area contributed by atoms with Crippen LogP contribution in [0.4, 0.5) is 4.39 Å². The lowest BCUT2D eigenvalue weighted by Gasteiger charge is -2.20. The molecular weight excluding hydrogens is 295 g/mol. The average molecular weight is 312 g/mol. The summed E-state index contributed by atoms with van der Waals surface area (Å²) in [7, 11) is 0. The first kappa shape index (κ1) is 14.1. The highest BCUT2D eigenvalue weighted by molar-refractivity contribution is 5.28. The standard InChI is InChI=1S/C17H17FN4O/c1-11-8-14(18)4-2-12(11)9-15-20-17(23-21-15)13-3-5-16-19-6-7-22(16)10-13/h2,4,6-8,13H,3,5,9-10H2,1H3. The van der Waals surface area contributed by atoms with E-state index in [-0.39, 0.29) is 11.7 Å². The van der Waals surface area contributed by atoms with Crippen LogP contribution in [0.2, 0.25) is 0 Å². The van der Waals surface area contributed by atoms with Crippen molar-refractivity contribution >= 4 is 0 Å². The van der Waals surface area contributed by atoms with Crippen molar-refractivity contribution in [1.29, 1.82) is 0 Å². The van der Waals surface area contributed by atoms with Gasteiger partial charge in [-0.3, -0.25) is 0 Å². The van der Waals surface area contributed by atoms with Crippen LogP contribution in [0.3, 0.4) is 0 Å². The number of rotatable bonds is 3. The number of hydrogen-bond acceptors (Lipinski definition) is 4. The molecule has 0 aliphatic carbocycles. The smallest absolute Gasteiger partial charge is 0.231 e. The fraction of sp³-hybridized carbons (Fsp3) is 0.353. The zero-order valence-electron chi connectivity index (χ0n) is 12.9. The maximum absolute atomic E-state index is 13.2. The Kier molecular flexibility index (Phi) is 3.44. The monoisotopic (exact) mass is 312 g/mol. The van der Waals surface area contributed by atoms with Crippen LogP contribution in [0.25, 0.3) is 0 Å². The first-order valence-electron chi connectivity index (χ1n) is 7.76. The van der Waals surface area contributed by atoms with Gasteiger partial charge < -0.3 is 9.09 Å². The first-order valence-corrected chi connectivity index (χ1v) is 7.76. The summed E-state index contributed by atoms with van der Waals surface area (Å²) in [6.45, 7) is 2.72. The van der Waals surface area contributed by atoms with Crippen LogP contribution >= 0.6 is 0 Å². The van der Waals surface area contributed by atoms with Crippen LogP contribution in [-0.4, -0.2) is 19.7 Å². The van der Waals surface area contributed by atoms with E-state index in [0.29, 0.717) is 18.1 Å². The molecule has 5 nitrogen and oxygen atoms in total. The Morgan fingerprint density at radius 3 is 3.17 bits per heavy atom. The Labute approximate surface area is 133 Å². The van der Waals surface area contributed by atoms with E-state index in [9.17, 15) is 4.39 Å². The van der Waals surface area contributed by atoms with Gasteiger partial charge in [0.25, 0.3) is 0 Å². The Bertz CT molecular complexity index is 839. The topological polar surface area (TPSA) is 56.7 Å². The van der Waals surface area contributed by atoms with Gasteiger partial charge in [0.15, 0.2) is 5.82 Å². The normalized spacial score (nSPS) is 17.2. The van der Waals surface area contributed by atoms with Crippen molar-refractivity contribution in [2.24, 2.45) is 0 Å². The van der Waals surface area contributed by atoms with Crippen LogP contribution in [0.5, 0.6) is 0 Å². The third-order valence-corrected chi connectivity index (χ3v) is 4.42. The van der Waals surface area contributed by atoms with Crippen LogP contribution in [0.15, 0.2) is 35.1 Å². The third-order valence-electron chi connectivity index (χ3n) is 4.42. The fourth-order valence-corrected chi connectivity index (χ4v) is 3.10. The van der Waals surface area contributed by atoms with Crippen LogP contribution in [0, 0.1) is 12.7 Å². The van der Waals surface area contributed by atoms with Gasteiger partial charge in [0.05, 0.1) is 5.92 Å². The molecule has 3 aromatic rings. The van der Waals surface area contributed by atoms with Crippen molar-refractivity contribution in [3.63, 3.8) is 0 Å². The molecule has 3 heterocycles. The summed E-state index contributed by atoms with van der Waals surface area (Å²) in [5.41, 5.74) is 1.91. The van der Waals surface area contributed by atoms with E-state index in [1.165, 1.54) is 12.1 Å². The van der Waals surface area contributed by atoms with Crippen LogP contribution < -0.4 is 0 Å². The second-order valence-electron chi connectivity index (χ2n) is 6.03. The molecule has 0 radical (unpaired) electrons. The van der Waals surface area contributed by atoms with Crippen LogP contribution in [-0.2, 0) is 19.4 Å².